The van der Waals surface area contributed by atoms with Gasteiger partial charge in [-0.1, -0.05) is 19.1 Å². The van der Waals surface area contributed by atoms with Crippen molar-refractivity contribution in [2.45, 2.75) is 78.1 Å². The number of nitrogens with one attached hydrogen (secondary N) is 4. The second kappa shape index (κ2) is 12.7. The molecular weight excluding hydrogens is 502 g/mol. The van der Waals surface area contributed by atoms with E-state index < -0.39 is 22.8 Å². The zero-order valence-corrected chi connectivity index (χ0v) is 25.6. The van der Waals surface area contributed by atoms with Gasteiger partial charge in [0, 0.05) is 28.5 Å². The molecule has 1 unspecified atom stereocenters. The van der Waals surface area contributed by atoms with Crippen molar-refractivity contribution in [3.63, 3.8) is 0 Å². The van der Waals surface area contributed by atoms with E-state index in [4.69, 9.17) is 10.5 Å². The Morgan fingerprint density at radius 1 is 1.11 bits per heavy atom. The summed E-state index contributed by atoms with van der Waals surface area (Å²) in [4.78, 5) is 45.9. The van der Waals surface area contributed by atoms with Crippen molar-refractivity contribution in [2.24, 2.45) is 5.73 Å². The van der Waals surface area contributed by atoms with Crippen LogP contribution in [-0.4, -0.2) is 61.5 Å². The Morgan fingerprint density at radius 2 is 1.79 bits per heavy atom. The van der Waals surface area contributed by atoms with Gasteiger partial charge in [-0.3, -0.25) is 9.59 Å². The van der Waals surface area contributed by atoms with Gasteiger partial charge in [-0.25, -0.2) is 14.8 Å². The van der Waals surface area contributed by atoms with Crippen molar-refractivity contribution >= 4 is 45.5 Å². The highest BCUT2D eigenvalue weighted by Crippen LogP contribution is 2.23. The first-order chi connectivity index (χ1) is 17.6. The predicted molar refractivity (Wildman–Crippen MR) is 153 cm³/mol. The fraction of sp³-hybridized carbons (Fsp3) is 0.500. The third kappa shape index (κ3) is 9.33. The lowest BCUT2D eigenvalue weighted by molar-refractivity contribution is -0.124. The minimum atomic E-state index is -1.01. The van der Waals surface area contributed by atoms with Gasteiger partial charge in [0.05, 0.1) is 10.9 Å². The van der Waals surface area contributed by atoms with Gasteiger partial charge in [0.1, 0.15) is 11.4 Å². The molecule has 2 rings (SSSR count). The van der Waals surface area contributed by atoms with Crippen LogP contribution >= 0.6 is 0 Å². The van der Waals surface area contributed by atoms with Gasteiger partial charge >= 0.3 is 6.09 Å². The first kappa shape index (κ1) is 30.6. The summed E-state index contributed by atoms with van der Waals surface area (Å²) in [6, 6.07) is 7.68. The molecule has 0 aliphatic carbocycles. The normalized spacial score (nSPS) is 12.9. The van der Waals surface area contributed by atoms with E-state index >= 15 is 0 Å². The molecule has 1 atom stereocenters. The molecule has 1 heterocycles. The van der Waals surface area contributed by atoms with Crippen molar-refractivity contribution in [1.82, 2.24) is 20.6 Å². The first-order valence-electron chi connectivity index (χ1n) is 12.7. The summed E-state index contributed by atoms with van der Waals surface area (Å²) in [7, 11) is 0.398. The Bertz CT molecular complexity index is 1160. The number of alkyl carbamates (subject to hydrolysis) is 1. The number of hydrogen-bond donors (Lipinski definition) is 5. The van der Waals surface area contributed by atoms with Crippen LogP contribution in [0.15, 0.2) is 24.3 Å². The Hall–Kier alpha value is -3.67. The Kier molecular flexibility index (Phi) is 10.2. The molecule has 38 heavy (non-hydrogen) atoms. The zero-order valence-electron chi connectivity index (χ0n) is 23.6. The molecule has 12 heteroatoms. The first-order valence-corrected chi connectivity index (χ1v) is 13.7. The molecule has 0 fully saturated rings. The van der Waals surface area contributed by atoms with Crippen LogP contribution in [0.1, 0.15) is 70.2 Å². The number of ether oxygens (including phenoxy) is 1. The minimum Gasteiger partial charge on any atom is -0.444 e. The minimum absolute atomic E-state index is 0.0673. The topological polar surface area (TPSA) is 160 Å². The zero-order chi connectivity index (χ0) is 28.7. The molecule has 11 nitrogen and oxygen atoms in total. The molecule has 3 amide bonds. The van der Waals surface area contributed by atoms with Crippen LogP contribution in [0.3, 0.4) is 0 Å². The SMILES string of the molecule is CCc1nc(C(N)=O)c(Nc2cccc(CCNC(=O)C(C)([SiH3])NC(=O)OC(C)(C)C)c2)nc1NC(C)C. The molecule has 0 spiro atoms. The summed E-state index contributed by atoms with van der Waals surface area (Å²) in [5.41, 5.74) is 7.32. The molecular formula is C26H41N7O4Si. The van der Waals surface area contributed by atoms with E-state index in [0.717, 1.165) is 5.56 Å². The third-order valence-electron chi connectivity index (χ3n) is 5.23. The van der Waals surface area contributed by atoms with Gasteiger partial charge in [0.2, 0.25) is 5.91 Å². The van der Waals surface area contributed by atoms with Crippen molar-refractivity contribution in [3.05, 3.63) is 41.2 Å². The number of hydrogen-bond acceptors (Lipinski definition) is 8. The number of aryl methyl sites for hydroxylation is 1. The summed E-state index contributed by atoms with van der Waals surface area (Å²) >= 11 is 0. The maximum Gasteiger partial charge on any atom is 0.408 e. The van der Waals surface area contributed by atoms with Crippen molar-refractivity contribution < 1.29 is 19.1 Å². The molecule has 0 aliphatic heterocycles. The summed E-state index contributed by atoms with van der Waals surface area (Å²) < 4.78 is 5.26. The van der Waals surface area contributed by atoms with Crippen LogP contribution in [0.5, 0.6) is 0 Å². The van der Waals surface area contributed by atoms with Crippen LogP contribution in [0.4, 0.5) is 22.1 Å². The molecule has 1 aromatic carbocycles. The molecule has 0 aliphatic rings. The van der Waals surface area contributed by atoms with Crippen LogP contribution in [-0.2, 0) is 22.4 Å². The number of rotatable bonds is 11. The quantitative estimate of drug-likeness (QED) is 0.269. The number of carbonyl (C=O) groups is 3. The summed E-state index contributed by atoms with van der Waals surface area (Å²) in [5, 5.41) is 11.0. The summed E-state index contributed by atoms with van der Waals surface area (Å²) in [6.45, 7) is 13.3. The van der Waals surface area contributed by atoms with Crippen molar-refractivity contribution in [2.75, 3.05) is 17.2 Å². The van der Waals surface area contributed by atoms with Crippen molar-refractivity contribution in [3.8, 4) is 0 Å². The largest absolute Gasteiger partial charge is 0.444 e. The number of carbonyl (C=O) groups excluding carboxylic acids is 3. The summed E-state index contributed by atoms with van der Waals surface area (Å²) in [5.74, 6) is -0.0778. The summed E-state index contributed by atoms with van der Waals surface area (Å²) in [6.07, 6.45) is 0.520. The van der Waals surface area contributed by atoms with Gasteiger partial charge in [0.15, 0.2) is 11.5 Å². The molecule has 0 radical (unpaired) electrons. The number of primary amides is 1. The number of aromatic nitrogens is 2. The number of nitrogens with two attached hydrogens (primary N) is 1. The number of nitrogens with zero attached hydrogens (tertiary/aromatic N) is 2. The van der Waals surface area contributed by atoms with E-state index in [2.05, 4.69) is 31.2 Å². The maximum absolute atomic E-state index is 12.7. The molecule has 0 bridgehead atoms. The van der Waals surface area contributed by atoms with E-state index in [1.54, 1.807) is 27.7 Å². The Balaban J connectivity index is 2.09. The molecule has 0 saturated carbocycles. The molecule has 208 valence electrons. The molecule has 2 aromatic rings. The number of amides is 3. The maximum atomic E-state index is 12.7. The monoisotopic (exact) mass is 543 g/mol. The standard InChI is InChI=1S/C26H41N7O4Si/c1-8-18-21(29-15(2)3)32-22(19(31-18)20(27)34)30-17-11-9-10-16(14-17)12-13-28-23(35)26(7,38)33-24(36)37-25(4,5)6/h9-11,14-15H,8,12-13H2,1-7,38H3,(H2,27,34)(H,28,35)(H,33,36)(H2,29,30,32). The van der Waals surface area contributed by atoms with Crippen LogP contribution in [0.25, 0.3) is 0 Å². The fourth-order valence-electron chi connectivity index (χ4n) is 3.46. The lowest BCUT2D eigenvalue weighted by atomic mass is 10.1. The predicted octanol–water partition coefficient (Wildman–Crippen LogP) is 1.97. The Labute approximate surface area is 227 Å². The third-order valence-corrected chi connectivity index (χ3v) is 5.94. The van der Waals surface area contributed by atoms with E-state index in [9.17, 15) is 14.4 Å². The van der Waals surface area contributed by atoms with E-state index in [1.165, 1.54) is 0 Å². The second-order valence-corrected chi connectivity index (χ2v) is 12.8. The second-order valence-electron chi connectivity index (χ2n) is 10.8. The highest BCUT2D eigenvalue weighted by atomic mass is 28.1. The van der Waals surface area contributed by atoms with E-state index in [1.807, 2.05) is 45.0 Å². The van der Waals surface area contributed by atoms with Crippen molar-refractivity contribution in [1.29, 1.82) is 0 Å². The average molecular weight is 544 g/mol. The number of benzene rings is 1. The van der Waals surface area contributed by atoms with E-state index in [0.29, 0.717) is 46.8 Å². The highest BCUT2D eigenvalue weighted by molar-refractivity contribution is 6.29. The van der Waals surface area contributed by atoms with Crippen LogP contribution in [0, 0.1) is 0 Å². The molecule has 0 saturated heterocycles. The average Bonchev–Trinajstić information content (AvgIpc) is 2.77. The highest BCUT2D eigenvalue weighted by Gasteiger charge is 2.31. The lowest BCUT2D eigenvalue weighted by Crippen LogP contribution is -2.58. The lowest BCUT2D eigenvalue weighted by Gasteiger charge is -2.27. The van der Waals surface area contributed by atoms with E-state index in [-0.39, 0.29) is 23.5 Å². The van der Waals surface area contributed by atoms with Gasteiger partial charge in [-0.15, -0.1) is 0 Å². The van der Waals surface area contributed by atoms with Gasteiger partial charge in [-0.2, -0.15) is 0 Å². The number of anilines is 3. The molecule has 1 aromatic heterocycles. The van der Waals surface area contributed by atoms with Gasteiger partial charge in [0.25, 0.3) is 5.91 Å². The van der Waals surface area contributed by atoms with Crippen LogP contribution in [0.2, 0.25) is 0 Å². The fourth-order valence-corrected chi connectivity index (χ4v) is 3.84. The van der Waals surface area contributed by atoms with Crippen LogP contribution < -0.4 is 27.0 Å². The Morgan fingerprint density at radius 3 is 2.37 bits per heavy atom. The molecule has 6 N–H and O–H groups in total. The van der Waals surface area contributed by atoms with Gasteiger partial charge in [-0.05, 0) is 72.1 Å². The smallest absolute Gasteiger partial charge is 0.408 e. The van der Waals surface area contributed by atoms with Gasteiger partial charge < -0.3 is 31.7 Å².